The van der Waals surface area contributed by atoms with Crippen molar-refractivity contribution >= 4 is 32.5 Å². The lowest BCUT2D eigenvalue weighted by Gasteiger charge is -2.11. The molecule has 6 nitrogen and oxygen atoms in total. The smallest absolute Gasteiger partial charge is 0.228 e. The van der Waals surface area contributed by atoms with E-state index in [-0.39, 0.29) is 23.0 Å². The second-order valence-electron chi connectivity index (χ2n) is 9.14. The van der Waals surface area contributed by atoms with Gasteiger partial charge >= 0.3 is 0 Å². The van der Waals surface area contributed by atoms with Crippen LogP contribution in [0.5, 0.6) is 0 Å². The summed E-state index contributed by atoms with van der Waals surface area (Å²) in [6.07, 6.45) is 3.60. The van der Waals surface area contributed by atoms with E-state index >= 15 is 0 Å². The van der Waals surface area contributed by atoms with Crippen molar-refractivity contribution in [3.8, 4) is 11.4 Å². The summed E-state index contributed by atoms with van der Waals surface area (Å²) in [6.45, 7) is 6.84. The second-order valence-corrected chi connectivity index (χ2v) is 11.4. The van der Waals surface area contributed by atoms with Crippen molar-refractivity contribution < 1.29 is 13.2 Å². The zero-order chi connectivity index (χ0) is 25.7. The number of nitrogens with one attached hydrogen (secondary N) is 1. The Morgan fingerprint density at radius 1 is 0.944 bits per heavy atom. The normalized spacial score (nSPS) is 11.6. The number of hydrogen-bond acceptors (Lipinski definition) is 4. The number of carbonyl (C=O) groups is 1. The number of carbonyl (C=O) groups excluding carboxylic acids is 1. The maximum Gasteiger partial charge on any atom is 0.228 e. The highest BCUT2D eigenvalue weighted by Crippen LogP contribution is 2.27. The molecule has 4 rings (SSSR count). The SMILES string of the molecule is CCCCCn1c(-c2ccc(NC(=O)Cc3ccc(S(=O)(=O)CC)cc3)cc2)nc2ccc(C)cc21. The van der Waals surface area contributed by atoms with Gasteiger partial charge in [-0.1, -0.05) is 44.9 Å². The predicted octanol–water partition coefficient (Wildman–Crippen LogP) is 6.18. The van der Waals surface area contributed by atoms with E-state index in [1.165, 1.54) is 12.0 Å². The Morgan fingerprint density at radius 3 is 2.33 bits per heavy atom. The van der Waals surface area contributed by atoms with Gasteiger partial charge in [0.2, 0.25) is 5.91 Å². The number of aryl methyl sites for hydroxylation is 2. The van der Waals surface area contributed by atoms with Gasteiger partial charge in [-0.05, 0) is 73.0 Å². The fourth-order valence-electron chi connectivity index (χ4n) is 4.27. The largest absolute Gasteiger partial charge is 0.326 e. The number of nitrogens with zero attached hydrogens (tertiary/aromatic N) is 2. The first kappa shape index (κ1) is 25.6. The van der Waals surface area contributed by atoms with Gasteiger partial charge in [-0.2, -0.15) is 0 Å². The van der Waals surface area contributed by atoms with E-state index in [1.807, 2.05) is 24.3 Å². The predicted molar refractivity (Wildman–Crippen MR) is 146 cm³/mol. The molecule has 0 atom stereocenters. The molecule has 1 N–H and O–H groups in total. The summed E-state index contributed by atoms with van der Waals surface area (Å²) in [7, 11) is -3.25. The van der Waals surface area contributed by atoms with Gasteiger partial charge in [0.05, 0.1) is 28.1 Å². The molecule has 0 aliphatic rings. The van der Waals surface area contributed by atoms with Gasteiger partial charge < -0.3 is 9.88 Å². The van der Waals surface area contributed by atoms with Crippen LogP contribution in [0, 0.1) is 6.92 Å². The van der Waals surface area contributed by atoms with Crippen LogP contribution < -0.4 is 5.32 Å². The minimum atomic E-state index is -3.25. The maximum absolute atomic E-state index is 12.6. The maximum atomic E-state index is 12.6. The third-order valence-electron chi connectivity index (χ3n) is 6.34. The third-order valence-corrected chi connectivity index (χ3v) is 8.09. The Morgan fingerprint density at radius 2 is 1.67 bits per heavy atom. The third kappa shape index (κ3) is 5.85. The Kier molecular flexibility index (Phi) is 7.89. The Hall–Kier alpha value is -3.45. The van der Waals surface area contributed by atoms with E-state index in [0.717, 1.165) is 47.4 Å². The van der Waals surface area contributed by atoms with Crippen molar-refractivity contribution in [3.63, 3.8) is 0 Å². The van der Waals surface area contributed by atoms with Crippen LogP contribution in [0.4, 0.5) is 5.69 Å². The molecule has 1 aromatic heterocycles. The molecule has 188 valence electrons. The van der Waals surface area contributed by atoms with Crippen LogP contribution in [-0.2, 0) is 27.6 Å². The highest BCUT2D eigenvalue weighted by atomic mass is 32.2. The lowest BCUT2D eigenvalue weighted by Crippen LogP contribution is -2.14. The average molecular weight is 504 g/mol. The van der Waals surface area contributed by atoms with Crippen molar-refractivity contribution in [2.24, 2.45) is 0 Å². The van der Waals surface area contributed by atoms with E-state index in [1.54, 1.807) is 31.2 Å². The van der Waals surface area contributed by atoms with E-state index in [9.17, 15) is 13.2 Å². The number of anilines is 1. The van der Waals surface area contributed by atoms with E-state index in [2.05, 4.69) is 41.9 Å². The standard InChI is InChI=1S/C29H33N3O3S/c1-4-6-7-18-32-27-19-21(3)8-17-26(27)31-29(32)23-11-13-24(14-12-23)30-28(33)20-22-9-15-25(16-10-22)36(34,35)5-2/h8-17,19H,4-7,18,20H2,1-3H3,(H,30,33). The summed E-state index contributed by atoms with van der Waals surface area (Å²) in [5.74, 6) is 0.833. The topological polar surface area (TPSA) is 81.1 Å². The Balaban J connectivity index is 1.48. The highest BCUT2D eigenvalue weighted by Gasteiger charge is 2.14. The summed E-state index contributed by atoms with van der Waals surface area (Å²) in [5.41, 5.74) is 5.82. The van der Waals surface area contributed by atoms with Gasteiger partial charge in [-0.3, -0.25) is 4.79 Å². The summed E-state index contributed by atoms with van der Waals surface area (Å²) in [4.78, 5) is 17.8. The summed E-state index contributed by atoms with van der Waals surface area (Å²) < 4.78 is 26.2. The molecule has 0 fully saturated rings. The molecular formula is C29H33N3O3S. The van der Waals surface area contributed by atoms with Crippen LogP contribution in [0.2, 0.25) is 0 Å². The molecule has 3 aromatic carbocycles. The molecule has 0 aliphatic carbocycles. The number of benzene rings is 3. The van der Waals surface area contributed by atoms with E-state index < -0.39 is 9.84 Å². The van der Waals surface area contributed by atoms with Crippen molar-refractivity contribution in [2.45, 2.75) is 57.9 Å². The van der Waals surface area contributed by atoms with Crippen LogP contribution in [0.15, 0.2) is 71.6 Å². The quantitative estimate of drug-likeness (QED) is 0.262. The number of hydrogen-bond donors (Lipinski definition) is 1. The molecule has 0 bridgehead atoms. The Bertz CT molecular complexity index is 1450. The van der Waals surface area contributed by atoms with Crippen molar-refractivity contribution in [2.75, 3.05) is 11.1 Å². The van der Waals surface area contributed by atoms with Gasteiger partial charge in [0.25, 0.3) is 0 Å². The van der Waals surface area contributed by atoms with Crippen LogP contribution in [0.25, 0.3) is 22.4 Å². The molecule has 36 heavy (non-hydrogen) atoms. The zero-order valence-electron chi connectivity index (χ0n) is 21.1. The first-order chi connectivity index (χ1) is 17.3. The summed E-state index contributed by atoms with van der Waals surface area (Å²) in [6, 6.07) is 20.6. The van der Waals surface area contributed by atoms with Gasteiger partial charge in [-0.25, -0.2) is 13.4 Å². The number of sulfone groups is 1. The molecule has 0 saturated carbocycles. The number of aromatic nitrogens is 2. The van der Waals surface area contributed by atoms with Crippen LogP contribution >= 0.6 is 0 Å². The fourth-order valence-corrected chi connectivity index (χ4v) is 5.16. The molecule has 0 saturated heterocycles. The Labute approximate surface area is 213 Å². The van der Waals surface area contributed by atoms with Gasteiger partial charge in [0, 0.05) is 17.8 Å². The summed E-state index contributed by atoms with van der Waals surface area (Å²) >= 11 is 0. The van der Waals surface area contributed by atoms with Crippen LogP contribution in [-0.4, -0.2) is 29.6 Å². The second kappa shape index (κ2) is 11.1. The summed E-state index contributed by atoms with van der Waals surface area (Å²) in [5, 5.41) is 2.93. The monoisotopic (exact) mass is 503 g/mol. The van der Waals surface area contributed by atoms with Crippen LogP contribution in [0.1, 0.15) is 44.2 Å². The zero-order valence-corrected chi connectivity index (χ0v) is 21.9. The van der Waals surface area contributed by atoms with Crippen molar-refractivity contribution in [1.82, 2.24) is 9.55 Å². The van der Waals surface area contributed by atoms with Gasteiger partial charge in [-0.15, -0.1) is 0 Å². The van der Waals surface area contributed by atoms with Crippen LogP contribution in [0.3, 0.4) is 0 Å². The number of imidazole rings is 1. The molecule has 7 heteroatoms. The lowest BCUT2D eigenvalue weighted by atomic mass is 10.1. The molecule has 4 aromatic rings. The highest BCUT2D eigenvalue weighted by molar-refractivity contribution is 7.91. The first-order valence-electron chi connectivity index (χ1n) is 12.5. The molecule has 0 spiro atoms. The van der Waals surface area contributed by atoms with Crippen molar-refractivity contribution in [1.29, 1.82) is 0 Å². The van der Waals surface area contributed by atoms with Gasteiger partial charge in [0.1, 0.15) is 5.82 Å². The molecule has 0 radical (unpaired) electrons. The average Bonchev–Trinajstić information content (AvgIpc) is 3.22. The fraction of sp³-hybridized carbons (Fsp3) is 0.310. The molecule has 0 aliphatic heterocycles. The molecular weight excluding hydrogens is 470 g/mol. The first-order valence-corrected chi connectivity index (χ1v) is 14.1. The minimum Gasteiger partial charge on any atom is -0.326 e. The minimum absolute atomic E-state index is 0.0531. The van der Waals surface area contributed by atoms with E-state index in [0.29, 0.717) is 5.69 Å². The number of rotatable bonds is 10. The number of unbranched alkanes of at least 4 members (excludes halogenated alkanes) is 2. The molecule has 0 unspecified atom stereocenters. The molecule has 1 amide bonds. The van der Waals surface area contributed by atoms with Gasteiger partial charge in [0.15, 0.2) is 9.84 Å². The van der Waals surface area contributed by atoms with E-state index in [4.69, 9.17) is 4.98 Å². The lowest BCUT2D eigenvalue weighted by molar-refractivity contribution is -0.115. The number of fused-ring (bicyclic) bond motifs is 1. The number of amides is 1. The molecule has 1 heterocycles. The van der Waals surface area contributed by atoms with Crippen molar-refractivity contribution in [3.05, 3.63) is 77.9 Å².